The van der Waals surface area contributed by atoms with Crippen LogP contribution in [0.4, 0.5) is 0 Å². The Morgan fingerprint density at radius 2 is 0.857 bits per heavy atom. The Morgan fingerprint density at radius 3 is 0.857 bits per heavy atom. The quantitative estimate of drug-likeness (QED) is 0.196. The van der Waals surface area contributed by atoms with Gasteiger partial charge in [0.2, 0.25) is 0 Å². The maximum atomic E-state index is 8.55. The van der Waals surface area contributed by atoms with Crippen LogP contribution >= 0.6 is 7.82 Å². The molecule has 0 fully saturated rings. The first-order chi connectivity index (χ1) is 3.73. The largest absolute Gasteiger partial charge is 1.00 e. The summed E-state index contributed by atoms with van der Waals surface area (Å²) >= 11 is 0. The Morgan fingerprint density at radius 1 is 0.857 bits per heavy atom. The molecule has 0 aromatic carbocycles. The van der Waals surface area contributed by atoms with Crippen molar-refractivity contribution in [2.24, 2.45) is 0 Å². The fraction of sp³-hybridized carbons (Fsp3) is 0. The molecule has 64 valence electrons. The zero-order valence-electron chi connectivity index (χ0n) is 8.46. The number of hydrogen-bond acceptors (Lipinski definition) is 8. The van der Waals surface area contributed by atoms with Crippen molar-refractivity contribution in [3.8, 4) is 0 Å². The topological polar surface area (TPSA) is 187 Å². The van der Waals surface area contributed by atoms with Crippen molar-refractivity contribution in [2.45, 2.75) is 0 Å². The molecule has 0 rings (SSSR count). The molecule has 0 aliphatic rings. The number of phosphoric acid groups is 1. The minimum Gasteiger partial charge on any atom is -0.822 e. The zero-order chi connectivity index (χ0) is 8.08. The van der Waals surface area contributed by atoms with Gasteiger partial charge in [-0.2, -0.15) is 7.82 Å². The third-order valence-corrected chi connectivity index (χ3v) is 0. The molecule has 0 aliphatic heterocycles. The van der Waals surface area contributed by atoms with Gasteiger partial charge in [-0.25, -0.2) is 0 Å². The Hall–Kier alpha value is 5.82. The number of hydrogen-bond donors (Lipinski definition) is 1. The van der Waals surface area contributed by atoms with E-state index in [1.807, 2.05) is 0 Å². The first-order valence-corrected chi connectivity index (χ1v) is 2.74. The molecular formula is H3K4N2O7P. The summed E-state index contributed by atoms with van der Waals surface area (Å²) in [6, 6.07) is 0. The molecule has 0 aliphatic carbocycles. The summed E-state index contributed by atoms with van der Waals surface area (Å²) in [5, 5.41) is 14.8. The van der Waals surface area contributed by atoms with E-state index in [9.17, 15) is 0 Å². The molecule has 0 radical (unpaired) electrons. The Kier molecular flexibility index (Phi) is 83.0. The van der Waals surface area contributed by atoms with E-state index in [1.54, 1.807) is 0 Å². The fourth-order valence-corrected chi connectivity index (χ4v) is 0. The molecule has 0 saturated heterocycles. The smallest absolute Gasteiger partial charge is 0.822 e. The third-order valence-electron chi connectivity index (χ3n) is 0. The summed E-state index contributed by atoms with van der Waals surface area (Å²) in [7, 11) is -5.39. The molecule has 0 spiro atoms. The van der Waals surface area contributed by atoms with Crippen LogP contribution in [-0.2, 0) is 4.57 Å². The van der Waals surface area contributed by atoms with Crippen molar-refractivity contribution in [2.75, 3.05) is 0 Å². The Balaban J connectivity index is -0.0000000104. The van der Waals surface area contributed by atoms with Crippen LogP contribution in [0.1, 0.15) is 0 Å². The summed E-state index contributed by atoms with van der Waals surface area (Å²) in [4.78, 5) is 33.9. The second-order valence-electron chi connectivity index (χ2n) is 0.671. The van der Waals surface area contributed by atoms with Gasteiger partial charge in [0.15, 0.2) is 0 Å². The first kappa shape index (κ1) is 42.7. The van der Waals surface area contributed by atoms with Crippen LogP contribution in [0, 0.1) is 15.3 Å². The van der Waals surface area contributed by atoms with Crippen LogP contribution in [0.25, 0.3) is 0 Å². The van der Waals surface area contributed by atoms with Gasteiger partial charge < -0.3 is 40.7 Å². The van der Waals surface area contributed by atoms with E-state index >= 15 is 0 Å². The average molecular weight is 330 g/mol. The summed E-state index contributed by atoms with van der Waals surface area (Å²) in [5.41, 5.74) is 0. The molecule has 0 saturated carbocycles. The molecule has 9 nitrogen and oxygen atoms in total. The van der Waals surface area contributed by atoms with Crippen molar-refractivity contribution >= 4 is 7.82 Å². The van der Waals surface area contributed by atoms with E-state index in [0.29, 0.717) is 0 Å². The predicted octanol–water partition coefficient (Wildman–Crippen LogP) is -14.9. The van der Waals surface area contributed by atoms with Gasteiger partial charge >= 0.3 is 206 Å². The summed E-state index contributed by atoms with van der Waals surface area (Å²) < 4.78 is 8.55. The molecule has 0 aromatic heterocycles. The maximum absolute atomic E-state index is 8.55. The monoisotopic (exact) mass is 330 g/mol. The third kappa shape index (κ3) is 149. The minimum absolute atomic E-state index is 0. The van der Waals surface area contributed by atoms with Crippen molar-refractivity contribution in [1.29, 1.82) is 0 Å². The molecule has 0 amide bonds. The van der Waals surface area contributed by atoms with Crippen molar-refractivity contribution < 1.29 is 230 Å². The van der Waals surface area contributed by atoms with Gasteiger partial charge in [-0.15, -0.1) is 0 Å². The summed E-state index contributed by atoms with van der Waals surface area (Å²) in [6.45, 7) is 0. The van der Waals surface area contributed by atoms with E-state index < -0.39 is 12.9 Å². The summed E-state index contributed by atoms with van der Waals surface area (Å²) in [5.74, 6) is 0. The van der Waals surface area contributed by atoms with Crippen LogP contribution in [0.3, 0.4) is 0 Å². The van der Waals surface area contributed by atoms with E-state index in [-0.39, 0.29) is 212 Å². The Labute approximate surface area is 251 Å². The molecule has 14 heavy (non-hydrogen) atoms. The van der Waals surface area contributed by atoms with Gasteiger partial charge in [0.05, 0.1) is 5.09 Å². The van der Waals surface area contributed by atoms with Gasteiger partial charge in [-0.05, 0) is 0 Å². The molecule has 14 heteroatoms. The molecule has 0 unspecified atom stereocenters. The van der Waals surface area contributed by atoms with Gasteiger partial charge in [-0.1, -0.05) is 0 Å². The minimum atomic E-state index is -5.39. The van der Waals surface area contributed by atoms with Crippen LogP contribution in [0.5, 0.6) is 0 Å². The number of rotatable bonds is 0. The predicted molar refractivity (Wildman–Crippen MR) is 23.0 cm³/mol. The maximum Gasteiger partial charge on any atom is 1.00 e. The van der Waals surface area contributed by atoms with Gasteiger partial charge in [-0.3, -0.25) is 0 Å². The summed E-state index contributed by atoms with van der Waals surface area (Å²) in [6.07, 6.45) is 0. The first-order valence-electron chi connectivity index (χ1n) is 1.28. The van der Waals surface area contributed by atoms with E-state index in [4.69, 9.17) is 34.6 Å². The van der Waals surface area contributed by atoms with E-state index in [1.165, 1.54) is 0 Å². The molecule has 0 aromatic rings. The van der Waals surface area contributed by atoms with Crippen molar-refractivity contribution in [3.63, 3.8) is 0 Å². The zero-order valence-corrected chi connectivity index (χ0v) is 21.8. The van der Waals surface area contributed by atoms with Gasteiger partial charge in [0, 0.05) is 0 Å². The van der Waals surface area contributed by atoms with Gasteiger partial charge in [0.1, 0.15) is 0 Å². The molecule has 3 N–H and O–H groups in total. The van der Waals surface area contributed by atoms with Crippen LogP contribution < -0.4 is 226 Å². The Bertz CT molecular complexity index is 123. The van der Waals surface area contributed by atoms with Crippen LogP contribution in [0.15, 0.2) is 0 Å². The molecular weight excluding hydrogens is 327 g/mol. The molecule has 0 bridgehead atoms. The van der Waals surface area contributed by atoms with E-state index in [0.717, 1.165) is 0 Å². The van der Waals surface area contributed by atoms with Crippen LogP contribution in [-0.4, -0.2) is 5.09 Å². The van der Waals surface area contributed by atoms with E-state index in [2.05, 4.69) is 0 Å². The van der Waals surface area contributed by atoms with Gasteiger partial charge in [0.25, 0.3) is 0 Å². The molecule has 0 heterocycles. The van der Waals surface area contributed by atoms with Crippen LogP contribution in [0.2, 0.25) is 0 Å². The number of nitrogens with zero attached hydrogens (tertiary/aromatic N) is 1. The fourth-order valence-electron chi connectivity index (χ4n) is 0. The van der Waals surface area contributed by atoms with Crippen molar-refractivity contribution in [3.05, 3.63) is 15.3 Å². The second kappa shape index (κ2) is 27.2. The second-order valence-corrected chi connectivity index (χ2v) is 1.57. The average Bonchev–Trinajstić information content (AvgIpc) is 1.19. The normalized spacial score (nSPS) is 5.93. The van der Waals surface area contributed by atoms with Crippen molar-refractivity contribution in [1.82, 2.24) is 6.15 Å². The molecule has 0 atom stereocenters. The SMILES string of the molecule is N.O=P([O-])([O-])[O-].O=[N+]([O-])[O-].[K+].[K+].[K+].[K+]. The standard InChI is InChI=1S/4K.NO3.H3N.H3O4P/c;;;;2-1(3)4;;1-5(2,3)4/h;;;;;1H3;(H3,1,2,3,4)/q4*+1;-1;;/p-3.